The average Bonchev–Trinajstić information content (AvgIpc) is 2.15. The van der Waals surface area contributed by atoms with E-state index in [-0.39, 0.29) is 5.91 Å². The lowest BCUT2D eigenvalue weighted by Gasteiger charge is -2.07. The van der Waals surface area contributed by atoms with Gasteiger partial charge in [0.1, 0.15) is 0 Å². The second kappa shape index (κ2) is 5.26. The highest BCUT2D eigenvalue weighted by Gasteiger charge is 2.03. The SMILES string of the molecule is CC(=O)NSc1cc(N)ccc1CBr. The number of hydrogen-bond acceptors (Lipinski definition) is 3. The maximum Gasteiger partial charge on any atom is 0.226 e. The van der Waals surface area contributed by atoms with Gasteiger partial charge in [-0.15, -0.1) is 0 Å². The molecule has 0 radical (unpaired) electrons. The first-order valence-electron chi connectivity index (χ1n) is 4.01. The van der Waals surface area contributed by atoms with Crippen molar-refractivity contribution in [3.63, 3.8) is 0 Å². The first-order chi connectivity index (χ1) is 6.63. The molecule has 0 aliphatic rings. The molecule has 0 unspecified atom stereocenters. The lowest BCUT2D eigenvalue weighted by molar-refractivity contribution is -0.117. The fourth-order valence-electron chi connectivity index (χ4n) is 0.903. The van der Waals surface area contributed by atoms with Crippen LogP contribution in [0.25, 0.3) is 0 Å². The van der Waals surface area contributed by atoms with Crippen molar-refractivity contribution in [3.8, 4) is 0 Å². The van der Waals surface area contributed by atoms with E-state index in [1.807, 2.05) is 18.2 Å². The second-order valence-corrected chi connectivity index (χ2v) is 4.17. The van der Waals surface area contributed by atoms with Crippen molar-refractivity contribution in [3.05, 3.63) is 23.8 Å². The summed E-state index contributed by atoms with van der Waals surface area (Å²) >= 11 is 4.66. The maximum absolute atomic E-state index is 10.7. The number of nitrogens with one attached hydrogen (secondary N) is 1. The Hall–Kier alpha value is -0.680. The van der Waals surface area contributed by atoms with Crippen molar-refractivity contribution in [1.82, 2.24) is 4.72 Å². The van der Waals surface area contributed by atoms with Crippen molar-refractivity contribution >= 4 is 39.5 Å². The van der Waals surface area contributed by atoms with Crippen LogP contribution in [0.4, 0.5) is 5.69 Å². The van der Waals surface area contributed by atoms with E-state index < -0.39 is 0 Å². The van der Waals surface area contributed by atoms with Crippen LogP contribution in [-0.4, -0.2) is 5.91 Å². The number of nitrogen functional groups attached to an aromatic ring is 1. The van der Waals surface area contributed by atoms with Crippen LogP contribution < -0.4 is 10.5 Å². The third-order valence-electron chi connectivity index (χ3n) is 1.54. The Morgan fingerprint density at radius 3 is 2.93 bits per heavy atom. The van der Waals surface area contributed by atoms with E-state index in [9.17, 15) is 4.79 Å². The van der Waals surface area contributed by atoms with Gasteiger partial charge in [-0.05, 0) is 29.6 Å². The Kier molecular flexibility index (Phi) is 4.28. The van der Waals surface area contributed by atoms with Crippen molar-refractivity contribution < 1.29 is 4.79 Å². The van der Waals surface area contributed by atoms with Crippen LogP contribution in [0.1, 0.15) is 12.5 Å². The molecule has 0 aliphatic carbocycles. The summed E-state index contributed by atoms with van der Waals surface area (Å²) in [6.45, 7) is 1.48. The van der Waals surface area contributed by atoms with Crippen molar-refractivity contribution in [1.29, 1.82) is 0 Å². The summed E-state index contributed by atoms with van der Waals surface area (Å²) in [5.41, 5.74) is 7.45. The molecule has 0 bridgehead atoms. The lowest BCUT2D eigenvalue weighted by atomic mass is 10.2. The molecule has 3 N–H and O–H groups in total. The van der Waals surface area contributed by atoms with Crippen LogP contribution in [0.3, 0.4) is 0 Å². The van der Waals surface area contributed by atoms with Gasteiger partial charge in [0.2, 0.25) is 5.91 Å². The van der Waals surface area contributed by atoms with E-state index in [1.165, 1.54) is 18.9 Å². The standard InChI is InChI=1S/C9H11BrN2OS/c1-6(13)12-14-9-4-8(11)3-2-7(9)5-10/h2-4H,5,11H2,1H3,(H,12,13). The molecule has 1 rings (SSSR count). The molecular formula is C9H11BrN2OS. The molecule has 1 aromatic rings. The molecule has 0 atom stereocenters. The zero-order valence-electron chi connectivity index (χ0n) is 7.71. The predicted octanol–water partition coefficient (Wildman–Crippen LogP) is 2.31. The van der Waals surface area contributed by atoms with Gasteiger partial charge in [0, 0.05) is 22.8 Å². The minimum atomic E-state index is -0.0713. The third-order valence-corrected chi connectivity index (χ3v) is 3.13. The number of nitrogens with two attached hydrogens (primary N) is 1. The summed E-state index contributed by atoms with van der Waals surface area (Å²) in [5.74, 6) is -0.0713. The zero-order valence-corrected chi connectivity index (χ0v) is 10.1. The van der Waals surface area contributed by atoms with Gasteiger partial charge in [0.15, 0.2) is 0 Å². The fourth-order valence-corrected chi connectivity index (χ4v) is 2.30. The molecule has 0 aromatic heterocycles. The van der Waals surface area contributed by atoms with Crippen molar-refractivity contribution in [2.75, 3.05) is 5.73 Å². The highest BCUT2D eigenvalue weighted by molar-refractivity contribution is 9.08. The molecule has 1 aromatic carbocycles. The molecule has 5 heteroatoms. The largest absolute Gasteiger partial charge is 0.399 e. The highest BCUT2D eigenvalue weighted by Crippen LogP contribution is 2.24. The van der Waals surface area contributed by atoms with Crippen LogP contribution in [0.2, 0.25) is 0 Å². The quantitative estimate of drug-likeness (QED) is 0.505. The van der Waals surface area contributed by atoms with Crippen molar-refractivity contribution in [2.45, 2.75) is 17.1 Å². The Bertz CT molecular complexity index is 344. The molecular weight excluding hydrogens is 264 g/mol. The molecule has 0 aliphatic heterocycles. The number of amides is 1. The second-order valence-electron chi connectivity index (χ2n) is 2.76. The van der Waals surface area contributed by atoms with Crippen LogP contribution >= 0.6 is 27.9 Å². The van der Waals surface area contributed by atoms with Crippen LogP contribution in [0.15, 0.2) is 23.1 Å². The predicted molar refractivity (Wildman–Crippen MR) is 63.2 cm³/mol. The van der Waals surface area contributed by atoms with E-state index in [0.717, 1.165) is 15.8 Å². The van der Waals surface area contributed by atoms with E-state index in [4.69, 9.17) is 5.73 Å². The molecule has 14 heavy (non-hydrogen) atoms. The van der Waals surface area contributed by atoms with Crippen LogP contribution in [0.5, 0.6) is 0 Å². The molecule has 0 saturated carbocycles. The van der Waals surface area contributed by atoms with Gasteiger partial charge in [-0.3, -0.25) is 9.52 Å². The number of halogens is 1. The number of carbonyl (C=O) groups is 1. The number of rotatable bonds is 3. The number of benzene rings is 1. The van der Waals surface area contributed by atoms with Gasteiger partial charge in [0.05, 0.1) is 0 Å². The third kappa shape index (κ3) is 3.23. The Morgan fingerprint density at radius 1 is 1.64 bits per heavy atom. The minimum absolute atomic E-state index is 0.0713. The monoisotopic (exact) mass is 274 g/mol. The molecule has 76 valence electrons. The molecule has 0 saturated heterocycles. The molecule has 1 amide bonds. The summed E-state index contributed by atoms with van der Waals surface area (Å²) < 4.78 is 2.67. The van der Waals surface area contributed by atoms with Gasteiger partial charge in [-0.2, -0.15) is 0 Å². The van der Waals surface area contributed by atoms with Crippen LogP contribution in [0, 0.1) is 0 Å². The van der Waals surface area contributed by atoms with Gasteiger partial charge in [-0.1, -0.05) is 22.0 Å². The minimum Gasteiger partial charge on any atom is -0.399 e. The first-order valence-corrected chi connectivity index (χ1v) is 5.95. The van der Waals surface area contributed by atoms with Gasteiger partial charge < -0.3 is 5.73 Å². The normalized spacial score (nSPS) is 9.86. The number of hydrogen-bond donors (Lipinski definition) is 2. The molecule has 0 spiro atoms. The smallest absolute Gasteiger partial charge is 0.226 e. The highest BCUT2D eigenvalue weighted by atomic mass is 79.9. The Morgan fingerprint density at radius 2 is 2.36 bits per heavy atom. The molecule has 0 heterocycles. The lowest BCUT2D eigenvalue weighted by Crippen LogP contribution is -2.10. The first kappa shape index (κ1) is 11.4. The Balaban J connectivity index is 2.82. The number of anilines is 1. The maximum atomic E-state index is 10.7. The molecule has 3 nitrogen and oxygen atoms in total. The summed E-state index contributed by atoms with van der Waals surface area (Å²) in [4.78, 5) is 11.7. The number of alkyl halides is 1. The zero-order chi connectivity index (χ0) is 10.6. The fraction of sp³-hybridized carbons (Fsp3) is 0.222. The van der Waals surface area contributed by atoms with Crippen LogP contribution in [-0.2, 0) is 10.1 Å². The summed E-state index contributed by atoms with van der Waals surface area (Å²) in [5, 5.41) is 0.745. The van der Waals surface area contributed by atoms with E-state index in [1.54, 1.807) is 0 Å². The number of carbonyl (C=O) groups excluding carboxylic acids is 1. The molecule has 0 fully saturated rings. The summed E-state index contributed by atoms with van der Waals surface area (Å²) in [6.07, 6.45) is 0. The average molecular weight is 275 g/mol. The summed E-state index contributed by atoms with van der Waals surface area (Å²) in [7, 11) is 0. The van der Waals surface area contributed by atoms with E-state index in [0.29, 0.717) is 5.69 Å². The van der Waals surface area contributed by atoms with Crippen molar-refractivity contribution in [2.24, 2.45) is 0 Å². The Labute approximate surface area is 95.7 Å². The van der Waals surface area contributed by atoms with E-state index >= 15 is 0 Å². The van der Waals surface area contributed by atoms with Gasteiger partial charge >= 0.3 is 0 Å². The summed E-state index contributed by atoms with van der Waals surface area (Å²) in [6, 6.07) is 5.62. The van der Waals surface area contributed by atoms with E-state index in [2.05, 4.69) is 20.7 Å². The van der Waals surface area contributed by atoms with Gasteiger partial charge in [0.25, 0.3) is 0 Å². The van der Waals surface area contributed by atoms with Gasteiger partial charge in [-0.25, -0.2) is 0 Å². The topological polar surface area (TPSA) is 55.1 Å².